The van der Waals surface area contributed by atoms with Gasteiger partial charge in [0.05, 0.1) is 36.7 Å². The average Bonchev–Trinajstić information content (AvgIpc) is 2.77. The van der Waals surface area contributed by atoms with Gasteiger partial charge in [0, 0.05) is 0 Å². The summed E-state index contributed by atoms with van der Waals surface area (Å²) >= 11 is 0. The van der Waals surface area contributed by atoms with Crippen LogP contribution in [0.15, 0.2) is 22.3 Å². The maximum absolute atomic E-state index is 14.3. The molecular formula is C12H14FO4P. The van der Waals surface area contributed by atoms with Gasteiger partial charge in [-0.3, -0.25) is 0 Å². The van der Waals surface area contributed by atoms with Crippen molar-refractivity contribution in [3.8, 4) is 0 Å². The number of rotatable bonds is 2. The van der Waals surface area contributed by atoms with Gasteiger partial charge in [0.2, 0.25) is 0 Å². The summed E-state index contributed by atoms with van der Waals surface area (Å²) in [6.07, 6.45) is 0. The molecule has 0 saturated heterocycles. The third-order valence-corrected chi connectivity index (χ3v) is 5.86. The van der Waals surface area contributed by atoms with E-state index in [1.54, 1.807) is 13.8 Å². The summed E-state index contributed by atoms with van der Waals surface area (Å²) in [4.78, 5) is 23.5. The van der Waals surface area contributed by atoms with E-state index in [0.717, 1.165) is 11.1 Å². The third kappa shape index (κ3) is 1.53. The first-order chi connectivity index (χ1) is 8.45. The highest BCUT2D eigenvalue weighted by Crippen LogP contribution is 2.68. The van der Waals surface area contributed by atoms with Gasteiger partial charge in [-0.2, -0.15) is 0 Å². The van der Waals surface area contributed by atoms with Crippen LogP contribution in [-0.2, 0) is 19.1 Å². The van der Waals surface area contributed by atoms with E-state index in [9.17, 15) is 13.8 Å². The third-order valence-electron chi connectivity index (χ3n) is 3.58. The van der Waals surface area contributed by atoms with E-state index in [0.29, 0.717) is 0 Å². The quantitative estimate of drug-likeness (QED) is 0.439. The van der Waals surface area contributed by atoms with Gasteiger partial charge in [-0.15, -0.1) is 0 Å². The predicted molar refractivity (Wildman–Crippen MR) is 65.0 cm³/mol. The lowest BCUT2D eigenvalue weighted by atomic mass is 9.87. The molecule has 0 aromatic carbocycles. The second kappa shape index (κ2) is 4.47. The van der Waals surface area contributed by atoms with Crippen LogP contribution >= 0.6 is 8.23 Å². The summed E-state index contributed by atoms with van der Waals surface area (Å²) in [5.41, 5.74) is 0.749. The van der Waals surface area contributed by atoms with Crippen molar-refractivity contribution in [3.05, 3.63) is 22.3 Å². The van der Waals surface area contributed by atoms with E-state index >= 15 is 0 Å². The molecular weight excluding hydrogens is 258 g/mol. The van der Waals surface area contributed by atoms with Gasteiger partial charge in [-0.05, 0) is 13.8 Å². The number of carbonyl (C=O) groups is 2. The molecule has 0 amide bonds. The maximum Gasteiger partial charge on any atom is 0.335 e. The van der Waals surface area contributed by atoms with Crippen LogP contribution < -0.4 is 0 Å². The zero-order valence-corrected chi connectivity index (χ0v) is 11.5. The summed E-state index contributed by atoms with van der Waals surface area (Å²) in [7, 11) is 0.490. The first-order valence-corrected chi connectivity index (χ1v) is 6.84. The van der Waals surface area contributed by atoms with Gasteiger partial charge in [0.25, 0.3) is 0 Å². The summed E-state index contributed by atoms with van der Waals surface area (Å²) in [6.45, 7) is 3.60. The van der Waals surface area contributed by atoms with Crippen LogP contribution in [-0.4, -0.2) is 37.5 Å². The molecule has 2 atom stereocenters. The van der Waals surface area contributed by atoms with E-state index in [4.69, 9.17) is 0 Å². The lowest BCUT2D eigenvalue weighted by molar-refractivity contribution is -0.139. The topological polar surface area (TPSA) is 52.6 Å². The number of hydrogen-bond acceptors (Lipinski definition) is 4. The molecule has 98 valence electrons. The van der Waals surface area contributed by atoms with Gasteiger partial charge in [0.15, 0.2) is 0 Å². The Morgan fingerprint density at radius 1 is 1.00 bits per heavy atom. The molecule has 0 N–H and O–H groups in total. The van der Waals surface area contributed by atoms with Crippen molar-refractivity contribution in [1.29, 1.82) is 0 Å². The Balaban J connectivity index is 2.56. The van der Waals surface area contributed by atoms with Gasteiger partial charge < -0.3 is 9.47 Å². The number of fused-ring (bicyclic) bond motifs is 2. The molecule has 2 rings (SSSR count). The van der Waals surface area contributed by atoms with Crippen molar-refractivity contribution in [2.75, 3.05) is 14.2 Å². The molecule has 0 aromatic heterocycles. The predicted octanol–water partition coefficient (Wildman–Crippen LogP) is 2.10. The SMILES string of the molecule is COC(=O)C1=C(C(=O)OC)C2C(C)=C(C)C1P2F. The minimum atomic E-state index is -1.96. The van der Waals surface area contributed by atoms with E-state index in [1.807, 2.05) is 0 Å². The van der Waals surface area contributed by atoms with Crippen LogP contribution in [0.1, 0.15) is 13.8 Å². The molecule has 0 spiro atoms. The Morgan fingerprint density at radius 2 is 1.33 bits per heavy atom. The number of ether oxygens (including phenoxy) is 2. The van der Waals surface area contributed by atoms with Crippen molar-refractivity contribution in [1.82, 2.24) is 0 Å². The zero-order chi connectivity index (χ0) is 13.6. The Kier molecular flexibility index (Phi) is 3.28. The summed E-state index contributed by atoms with van der Waals surface area (Å²) in [5, 5.41) is 0. The van der Waals surface area contributed by atoms with E-state index < -0.39 is 31.5 Å². The number of carbonyl (C=O) groups excluding carboxylic acids is 2. The molecule has 2 aliphatic heterocycles. The van der Waals surface area contributed by atoms with Crippen molar-refractivity contribution in [2.45, 2.75) is 25.2 Å². The number of halogens is 1. The lowest BCUT2D eigenvalue weighted by Gasteiger charge is -2.18. The number of allylic oxidation sites excluding steroid dienone is 2. The molecule has 18 heavy (non-hydrogen) atoms. The highest BCUT2D eigenvalue weighted by atomic mass is 31.2. The number of esters is 2. The van der Waals surface area contributed by atoms with Crippen molar-refractivity contribution in [2.24, 2.45) is 0 Å². The fourth-order valence-electron chi connectivity index (χ4n) is 2.59. The fourth-order valence-corrected chi connectivity index (χ4v) is 5.02. The van der Waals surface area contributed by atoms with Crippen molar-refractivity contribution >= 4 is 20.2 Å². The van der Waals surface area contributed by atoms with E-state index in [1.165, 1.54) is 14.2 Å². The second-order valence-corrected chi connectivity index (χ2v) is 6.05. The first-order valence-electron chi connectivity index (χ1n) is 5.47. The highest BCUT2D eigenvalue weighted by molar-refractivity contribution is 7.56. The Hall–Kier alpha value is -1.22. The average molecular weight is 272 g/mol. The zero-order valence-electron chi connectivity index (χ0n) is 10.6. The summed E-state index contributed by atoms with van der Waals surface area (Å²) in [5.74, 6) is -1.28. The minimum absolute atomic E-state index is 0.145. The van der Waals surface area contributed by atoms with Crippen molar-refractivity contribution in [3.63, 3.8) is 0 Å². The van der Waals surface area contributed by atoms with Crippen LogP contribution in [0, 0.1) is 0 Å². The largest absolute Gasteiger partial charge is 0.466 e. The molecule has 2 unspecified atom stereocenters. The number of methoxy groups -OCH3 is 2. The number of hydrogen-bond donors (Lipinski definition) is 0. The maximum atomic E-state index is 14.3. The molecule has 2 heterocycles. The van der Waals surface area contributed by atoms with E-state index in [-0.39, 0.29) is 11.1 Å². The Morgan fingerprint density at radius 3 is 1.61 bits per heavy atom. The molecule has 2 aliphatic rings. The smallest absolute Gasteiger partial charge is 0.335 e. The molecule has 0 radical (unpaired) electrons. The molecule has 6 heteroatoms. The molecule has 0 aliphatic carbocycles. The second-order valence-electron chi connectivity index (χ2n) is 4.33. The van der Waals surface area contributed by atoms with Crippen LogP contribution in [0.25, 0.3) is 0 Å². The van der Waals surface area contributed by atoms with Crippen LogP contribution in [0.3, 0.4) is 0 Å². The molecule has 0 saturated carbocycles. The molecule has 0 aromatic rings. The van der Waals surface area contributed by atoms with Crippen LogP contribution in [0.5, 0.6) is 0 Å². The summed E-state index contributed by atoms with van der Waals surface area (Å²) < 4.78 is 23.7. The first kappa shape index (κ1) is 13.2. The van der Waals surface area contributed by atoms with Gasteiger partial charge >= 0.3 is 11.9 Å². The Bertz CT molecular complexity index is 452. The molecule has 0 fully saturated rings. The summed E-state index contributed by atoms with van der Waals surface area (Å²) in [6, 6.07) is 0. The highest BCUT2D eigenvalue weighted by Gasteiger charge is 2.55. The lowest BCUT2D eigenvalue weighted by Crippen LogP contribution is -2.24. The molecule has 2 bridgehead atoms. The Labute approximate surface area is 106 Å². The van der Waals surface area contributed by atoms with Crippen molar-refractivity contribution < 1.29 is 23.3 Å². The van der Waals surface area contributed by atoms with E-state index in [2.05, 4.69) is 9.47 Å². The van der Waals surface area contributed by atoms with Crippen LogP contribution in [0.2, 0.25) is 0 Å². The fraction of sp³-hybridized carbons (Fsp3) is 0.500. The van der Waals surface area contributed by atoms with Gasteiger partial charge in [-0.25, -0.2) is 13.8 Å². The normalized spacial score (nSPS) is 29.9. The molecule has 4 nitrogen and oxygen atoms in total. The van der Waals surface area contributed by atoms with Gasteiger partial charge in [0.1, 0.15) is 8.23 Å². The minimum Gasteiger partial charge on any atom is -0.466 e. The monoisotopic (exact) mass is 272 g/mol. The van der Waals surface area contributed by atoms with Crippen LogP contribution in [0.4, 0.5) is 4.20 Å². The van der Waals surface area contributed by atoms with Gasteiger partial charge in [-0.1, -0.05) is 11.1 Å². The standard InChI is InChI=1S/C12H14FO4P/c1-5-6(2)10-8(12(15)17-4)7(11(14)16-3)9(5)18(10)13/h9-10H,1-4H3.